The molecule has 0 radical (unpaired) electrons. The first kappa shape index (κ1) is 27.1. The van der Waals surface area contributed by atoms with Crippen LogP contribution < -0.4 is 15.0 Å². The Labute approximate surface area is 235 Å². The number of piperazine rings is 1. The highest BCUT2D eigenvalue weighted by molar-refractivity contribution is 6.36. The van der Waals surface area contributed by atoms with Crippen molar-refractivity contribution in [2.24, 2.45) is 0 Å². The second kappa shape index (κ2) is 12.1. The van der Waals surface area contributed by atoms with Gasteiger partial charge in [-0.25, -0.2) is 0 Å². The molecule has 3 aromatic rings. The van der Waals surface area contributed by atoms with Crippen LogP contribution in [0.4, 0.5) is 11.4 Å². The molecule has 192 valence electrons. The lowest BCUT2D eigenvalue weighted by Crippen LogP contribution is -2.48. The van der Waals surface area contributed by atoms with E-state index in [4.69, 9.17) is 51.1 Å². The van der Waals surface area contributed by atoms with Crippen LogP contribution in [0.1, 0.15) is 15.9 Å². The summed E-state index contributed by atoms with van der Waals surface area (Å²) in [6, 6.07) is 15.5. The summed E-state index contributed by atoms with van der Waals surface area (Å²) in [6.45, 7) is 2.41. The van der Waals surface area contributed by atoms with Crippen molar-refractivity contribution in [1.82, 2.24) is 4.90 Å². The molecule has 0 bridgehead atoms. The molecule has 2 amide bonds. The first-order valence-electron chi connectivity index (χ1n) is 11.4. The molecule has 1 heterocycles. The highest BCUT2D eigenvalue weighted by atomic mass is 35.5. The van der Waals surface area contributed by atoms with E-state index >= 15 is 0 Å². The largest absolute Gasteiger partial charge is 0.495 e. The molecule has 37 heavy (non-hydrogen) atoms. The smallest absolute Gasteiger partial charge is 0.253 e. The zero-order valence-corrected chi connectivity index (χ0v) is 22.8. The number of ether oxygens (including phenoxy) is 1. The molecule has 0 aromatic heterocycles. The molecule has 6 nitrogen and oxygen atoms in total. The Morgan fingerprint density at radius 3 is 2.22 bits per heavy atom. The van der Waals surface area contributed by atoms with E-state index in [1.54, 1.807) is 54.6 Å². The van der Waals surface area contributed by atoms with Gasteiger partial charge < -0.3 is 19.9 Å². The van der Waals surface area contributed by atoms with Crippen LogP contribution in [0.15, 0.2) is 60.7 Å². The van der Waals surface area contributed by atoms with E-state index < -0.39 is 0 Å². The topological polar surface area (TPSA) is 61.9 Å². The van der Waals surface area contributed by atoms with Gasteiger partial charge in [-0.2, -0.15) is 0 Å². The van der Waals surface area contributed by atoms with E-state index in [0.29, 0.717) is 68.8 Å². The molecule has 1 N–H and O–H groups in total. The Bertz CT molecular complexity index is 1340. The van der Waals surface area contributed by atoms with Crippen LogP contribution in [-0.4, -0.2) is 50.0 Å². The van der Waals surface area contributed by atoms with Gasteiger partial charge >= 0.3 is 0 Å². The van der Waals surface area contributed by atoms with Crippen molar-refractivity contribution in [3.05, 3.63) is 91.9 Å². The monoisotopic (exact) mass is 577 g/mol. The number of halogens is 4. The highest BCUT2D eigenvalue weighted by Gasteiger charge is 2.23. The van der Waals surface area contributed by atoms with Crippen LogP contribution in [0.2, 0.25) is 20.1 Å². The van der Waals surface area contributed by atoms with Crippen LogP contribution in [-0.2, 0) is 4.79 Å². The van der Waals surface area contributed by atoms with E-state index in [1.165, 1.54) is 13.2 Å². The number of hydrogen-bond donors (Lipinski definition) is 1. The molecule has 0 saturated carbocycles. The number of hydrogen-bond acceptors (Lipinski definition) is 4. The summed E-state index contributed by atoms with van der Waals surface area (Å²) in [5.74, 6) is 0.0555. The minimum atomic E-state index is -0.351. The molecule has 10 heteroatoms. The lowest BCUT2D eigenvalue weighted by Gasteiger charge is -2.36. The SMILES string of the molecule is COc1c(Cl)cc(Cl)cc1/C=C/C(=O)Nc1ccc(N2CCN(C(=O)c3ccc(Cl)cc3)CC2)c(Cl)c1. The van der Waals surface area contributed by atoms with Crippen LogP contribution in [0, 0.1) is 0 Å². The third-order valence-corrected chi connectivity index (χ3v) is 6.92. The third kappa shape index (κ3) is 6.70. The number of anilines is 2. The Kier molecular flexibility index (Phi) is 8.87. The Morgan fingerprint density at radius 2 is 1.57 bits per heavy atom. The van der Waals surface area contributed by atoms with Gasteiger partial charge in [0.25, 0.3) is 5.91 Å². The van der Waals surface area contributed by atoms with E-state index in [-0.39, 0.29) is 11.8 Å². The third-order valence-electron chi connectivity index (χ3n) is 5.87. The number of rotatable bonds is 6. The molecule has 4 rings (SSSR count). The second-order valence-electron chi connectivity index (χ2n) is 8.29. The normalized spacial score (nSPS) is 13.6. The molecule has 3 aromatic carbocycles. The van der Waals surface area contributed by atoms with Crippen LogP contribution in [0.25, 0.3) is 6.08 Å². The fourth-order valence-corrected chi connectivity index (χ4v) is 5.05. The standard InChI is InChI=1S/C27H23Cl4N3O3/c1-37-26-18(14-20(29)15-23(26)31)4-9-25(35)32-21-7-8-24(22(30)16-21)33-10-12-34(13-11-33)27(36)17-2-5-19(28)6-3-17/h2-9,14-16H,10-13H2,1H3,(H,32,35)/b9-4+. The van der Waals surface area contributed by atoms with Crippen LogP contribution >= 0.6 is 46.4 Å². The number of carbonyl (C=O) groups is 2. The number of carbonyl (C=O) groups excluding carboxylic acids is 2. The van der Waals surface area contributed by atoms with Gasteiger partial charge in [0.1, 0.15) is 5.75 Å². The summed E-state index contributed by atoms with van der Waals surface area (Å²) in [6.07, 6.45) is 2.94. The maximum absolute atomic E-state index is 12.8. The molecule has 1 aliphatic rings. The molecule has 0 atom stereocenters. The molecule has 1 aliphatic heterocycles. The molecule has 0 aliphatic carbocycles. The molecule has 1 fully saturated rings. The molecule has 0 unspecified atom stereocenters. The summed E-state index contributed by atoms with van der Waals surface area (Å²) in [5, 5.41) is 4.68. The lowest BCUT2D eigenvalue weighted by molar-refractivity contribution is -0.111. The van der Waals surface area contributed by atoms with Gasteiger partial charge in [0.05, 0.1) is 22.8 Å². The molecular weight excluding hydrogens is 556 g/mol. The van der Waals surface area contributed by atoms with Gasteiger partial charge in [-0.1, -0.05) is 46.4 Å². The zero-order valence-electron chi connectivity index (χ0n) is 19.8. The molecule has 1 saturated heterocycles. The summed E-state index contributed by atoms with van der Waals surface area (Å²) in [4.78, 5) is 29.2. The van der Waals surface area contributed by atoms with Crippen molar-refractivity contribution < 1.29 is 14.3 Å². The van der Waals surface area contributed by atoms with Crippen LogP contribution in [0.5, 0.6) is 5.75 Å². The van der Waals surface area contributed by atoms with Gasteiger partial charge in [0.15, 0.2) is 0 Å². The Balaban J connectivity index is 1.36. The summed E-state index contributed by atoms with van der Waals surface area (Å²) in [7, 11) is 1.49. The van der Waals surface area contributed by atoms with E-state index in [2.05, 4.69) is 10.2 Å². The van der Waals surface area contributed by atoms with Crippen LogP contribution in [0.3, 0.4) is 0 Å². The maximum atomic E-state index is 12.8. The predicted molar refractivity (Wildman–Crippen MR) is 152 cm³/mol. The average Bonchev–Trinajstić information content (AvgIpc) is 2.87. The van der Waals surface area contributed by atoms with E-state index in [0.717, 1.165) is 5.69 Å². The lowest BCUT2D eigenvalue weighted by atomic mass is 10.1. The predicted octanol–water partition coefficient (Wildman–Crippen LogP) is 6.92. The van der Waals surface area contributed by atoms with Crippen molar-refractivity contribution >= 4 is 75.7 Å². The van der Waals surface area contributed by atoms with E-state index in [1.807, 2.05) is 11.0 Å². The van der Waals surface area contributed by atoms with Crippen molar-refractivity contribution in [3.63, 3.8) is 0 Å². The zero-order chi connectivity index (χ0) is 26.5. The van der Waals surface area contributed by atoms with Gasteiger partial charge in [0.2, 0.25) is 5.91 Å². The fraction of sp³-hybridized carbons (Fsp3) is 0.185. The van der Waals surface area contributed by atoms with Crippen molar-refractivity contribution in [3.8, 4) is 5.75 Å². The molecule has 0 spiro atoms. The van der Waals surface area contributed by atoms with Crippen molar-refractivity contribution in [2.75, 3.05) is 43.5 Å². The van der Waals surface area contributed by atoms with Crippen molar-refractivity contribution in [2.45, 2.75) is 0 Å². The minimum Gasteiger partial charge on any atom is -0.495 e. The number of nitrogens with one attached hydrogen (secondary N) is 1. The average molecular weight is 579 g/mol. The van der Waals surface area contributed by atoms with Gasteiger partial charge in [-0.3, -0.25) is 9.59 Å². The quantitative estimate of drug-likeness (QED) is 0.322. The van der Waals surface area contributed by atoms with Gasteiger partial charge in [-0.15, -0.1) is 0 Å². The number of amides is 2. The van der Waals surface area contributed by atoms with Crippen molar-refractivity contribution in [1.29, 1.82) is 0 Å². The molecular formula is C27H23Cl4N3O3. The van der Waals surface area contributed by atoms with E-state index in [9.17, 15) is 9.59 Å². The fourth-order valence-electron chi connectivity index (χ4n) is 4.04. The maximum Gasteiger partial charge on any atom is 0.253 e. The Morgan fingerprint density at radius 1 is 0.865 bits per heavy atom. The second-order valence-corrected chi connectivity index (χ2v) is 9.97. The number of methoxy groups -OCH3 is 1. The number of nitrogens with zero attached hydrogens (tertiary/aromatic N) is 2. The number of benzene rings is 3. The summed E-state index contributed by atoms with van der Waals surface area (Å²) in [5.41, 5.74) is 2.59. The van der Waals surface area contributed by atoms with Gasteiger partial charge in [-0.05, 0) is 60.7 Å². The van der Waals surface area contributed by atoms with Gasteiger partial charge in [0, 0.05) is 59.1 Å². The summed E-state index contributed by atoms with van der Waals surface area (Å²) >= 11 is 24.7. The Hall–Kier alpha value is -2.90. The minimum absolute atomic E-state index is 0.0220. The first-order valence-corrected chi connectivity index (χ1v) is 12.9. The summed E-state index contributed by atoms with van der Waals surface area (Å²) < 4.78 is 5.29. The first-order chi connectivity index (χ1) is 17.7. The highest BCUT2D eigenvalue weighted by Crippen LogP contribution is 2.33.